The third-order valence-corrected chi connectivity index (χ3v) is 5.14. The zero-order valence-corrected chi connectivity index (χ0v) is 14.8. The van der Waals surface area contributed by atoms with Crippen molar-refractivity contribution in [3.8, 4) is 5.75 Å². The van der Waals surface area contributed by atoms with Gasteiger partial charge in [0.05, 0.1) is 15.8 Å². The van der Waals surface area contributed by atoms with Crippen LogP contribution in [0.25, 0.3) is 10.2 Å². The Balaban J connectivity index is 1.61. The first-order valence-electron chi connectivity index (χ1n) is 7.75. The summed E-state index contributed by atoms with van der Waals surface area (Å²) in [5.41, 5.74) is 0.960. The number of rotatable bonds is 3. The molecule has 0 bridgehead atoms. The SMILES string of the molecule is O=C(Oc1ccc(Cl)cc1)c1ccc2nc(N3C(=O)CCC3=O)sc2c1. The van der Waals surface area contributed by atoms with Gasteiger partial charge in [-0.15, -0.1) is 0 Å². The van der Waals surface area contributed by atoms with Crippen LogP contribution in [0.3, 0.4) is 0 Å². The summed E-state index contributed by atoms with van der Waals surface area (Å²) in [6.45, 7) is 0. The number of fused-ring (bicyclic) bond motifs is 1. The average molecular weight is 387 g/mol. The van der Waals surface area contributed by atoms with E-state index in [0.717, 1.165) is 4.90 Å². The molecule has 4 rings (SSSR count). The van der Waals surface area contributed by atoms with Crippen molar-refractivity contribution in [2.45, 2.75) is 12.8 Å². The average Bonchev–Trinajstić information content (AvgIpc) is 3.18. The Kier molecular flexibility index (Phi) is 4.18. The van der Waals surface area contributed by atoms with Gasteiger partial charge in [0.2, 0.25) is 11.8 Å². The van der Waals surface area contributed by atoms with Crippen molar-refractivity contribution in [2.75, 3.05) is 4.90 Å². The van der Waals surface area contributed by atoms with Crippen LogP contribution in [0.4, 0.5) is 5.13 Å². The molecule has 3 aromatic rings. The molecule has 2 aromatic carbocycles. The largest absolute Gasteiger partial charge is 0.423 e. The fraction of sp³-hybridized carbons (Fsp3) is 0.111. The number of esters is 1. The van der Waals surface area contributed by atoms with Crippen molar-refractivity contribution in [1.29, 1.82) is 0 Å². The van der Waals surface area contributed by atoms with E-state index >= 15 is 0 Å². The van der Waals surface area contributed by atoms with Crippen molar-refractivity contribution in [3.05, 3.63) is 53.1 Å². The van der Waals surface area contributed by atoms with Gasteiger partial charge in [-0.05, 0) is 42.5 Å². The predicted molar refractivity (Wildman–Crippen MR) is 97.8 cm³/mol. The summed E-state index contributed by atoms with van der Waals surface area (Å²) in [5.74, 6) is -0.636. The number of hydrogen-bond acceptors (Lipinski definition) is 6. The Bertz CT molecular complexity index is 1030. The number of hydrogen-bond donors (Lipinski definition) is 0. The van der Waals surface area contributed by atoms with Crippen molar-refractivity contribution in [2.24, 2.45) is 0 Å². The summed E-state index contributed by atoms with van der Waals surface area (Å²) in [4.78, 5) is 41.5. The zero-order valence-electron chi connectivity index (χ0n) is 13.3. The number of halogens is 1. The lowest BCUT2D eigenvalue weighted by molar-refractivity contribution is -0.121. The van der Waals surface area contributed by atoms with Crippen LogP contribution >= 0.6 is 22.9 Å². The molecule has 8 heteroatoms. The fourth-order valence-corrected chi connectivity index (χ4v) is 3.76. The lowest BCUT2D eigenvalue weighted by Gasteiger charge is -2.07. The molecule has 1 aliphatic heterocycles. The second kappa shape index (κ2) is 6.51. The molecule has 0 unspecified atom stereocenters. The Morgan fingerprint density at radius 3 is 2.46 bits per heavy atom. The second-order valence-corrected chi connectivity index (χ2v) is 7.09. The summed E-state index contributed by atoms with van der Waals surface area (Å²) in [6.07, 6.45) is 0.404. The van der Waals surface area contributed by atoms with E-state index in [2.05, 4.69) is 4.98 Å². The molecule has 0 aliphatic carbocycles. The first kappa shape index (κ1) is 16.7. The van der Waals surface area contributed by atoms with Gasteiger partial charge < -0.3 is 4.74 Å². The van der Waals surface area contributed by atoms with Gasteiger partial charge in [-0.1, -0.05) is 22.9 Å². The Hall–Kier alpha value is -2.77. The number of imide groups is 1. The van der Waals surface area contributed by atoms with Crippen molar-refractivity contribution in [3.63, 3.8) is 0 Å². The van der Waals surface area contributed by atoms with Gasteiger partial charge in [0, 0.05) is 17.9 Å². The van der Waals surface area contributed by atoms with Gasteiger partial charge in [0.1, 0.15) is 5.75 Å². The van der Waals surface area contributed by atoms with Crippen LogP contribution < -0.4 is 9.64 Å². The highest BCUT2D eigenvalue weighted by atomic mass is 35.5. The minimum Gasteiger partial charge on any atom is -0.423 e. The lowest BCUT2D eigenvalue weighted by Crippen LogP contribution is -2.28. The first-order valence-corrected chi connectivity index (χ1v) is 8.95. The lowest BCUT2D eigenvalue weighted by atomic mass is 10.2. The van der Waals surface area contributed by atoms with Crippen molar-refractivity contribution >= 4 is 56.1 Å². The maximum atomic E-state index is 12.3. The molecule has 0 N–H and O–H groups in total. The van der Waals surface area contributed by atoms with Crippen LogP contribution in [-0.2, 0) is 9.59 Å². The maximum absolute atomic E-state index is 12.3. The highest BCUT2D eigenvalue weighted by molar-refractivity contribution is 7.22. The number of thiazole rings is 1. The molecule has 0 atom stereocenters. The predicted octanol–water partition coefficient (Wildman–Crippen LogP) is 3.82. The summed E-state index contributed by atoms with van der Waals surface area (Å²) in [5, 5.41) is 0.880. The Morgan fingerprint density at radius 1 is 1.08 bits per heavy atom. The number of nitrogens with zero attached hydrogens (tertiary/aromatic N) is 2. The van der Waals surface area contributed by atoms with Crippen LogP contribution in [0.15, 0.2) is 42.5 Å². The fourth-order valence-electron chi connectivity index (χ4n) is 2.59. The van der Waals surface area contributed by atoms with Crippen molar-refractivity contribution in [1.82, 2.24) is 4.98 Å². The van der Waals surface area contributed by atoms with Crippen LogP contribution in [0.2, 0.25) is 5.02 Å². The molecule has 1 saturated heterocycles. The molecular weight excluding hydrogens is 376 g/mol. The number of benzene rings is 2. The number of carbonyl (C=O) groups excluding carboxylic acids is 3. The van der Waals surface area contributed by atoms with Gasteiger partial charge >= 0.3 is 5.97 Å². The summed E-state index contributed by atoms with van der Waals surface area (Å²) in [6, 6.07) is 11.4. The molecule has 1 aromatic heterocycles. The smallest absolute Gasteiger partial charge is 0.343 e. The normalized spacial score (nSPS) is 14.3. The van der Waals surface area contributed by atoms with Crippen LogP contribution in [0.5, 0.6) is 5.75 Å². The van der Waals surface area contributed by atoms with E-state index < -0.39 is 5.97 Å². The topological polar surface area (TPSA) is 76.6 Å². The standard InChI is InChI=1S/C18H11ClN2O4S/c19-11-2-4-12(5-3-11)25-17(24)10-1-6-13-14(9-10)26-18(20-13)21-15(22)7-8-16(21)23/h1-6,9H,7-8H2. The number of aromatic nitrogens is 1. The van der Waals surface area contributed by atoms with E-state index in [-0.39, 0.29) is 24.7 Å². The highest BCUT2D eigenvalue weighted by Gasteiger charge is 2.32. The summed E-state index contributed by atoms with van der Waals surface area (Å²) in [7, 11) is 0. The molecule has 0 radical (unpaired) electrons. The number of anilines is 1. The third kappa shape index (κ3) is 3.07. The molecule has 0 spiro atoms. The van der Waals surface area contributed by atoms with Gasteiger partial charge in [0.25, 0.3) is 0 Å². The maximum Gasteiger partial charge on any atom is 0.343 e. The second-order valence-electron chi connectivity index (χ2n) is 5.65. The van der Waals surface area contributed by atoms with Crippen molar-refractivity contribution < 1.29 is 19.1 Å². The number of carbonyl (C=O) groups is 3. The molecule has 2 heterocycles. The Morgan fingerprint density at radius 2 is 1.77 bits per heavy atom. The van der Waals surface area contributed by atoms with Gasteiger partial charge in [-0.2, -0.15) is 0 Å². The highest BCUT2D eigenvalue weighted by Crippen LogP contribution is 2.32. The molecule has 2 amide bonds. The van der Waals surface area contributed by atoms with E-state index in [9.17, 15) is 14.4 Å². The van der Waals surface area contributed by atoms with Crippen LogP contribution in [-0.4, -0.2) is 22.8 Å². The van der Waals surface area contributed by atoms with E-state index in [1.165, 1.54) is 11.3 Å². The van der Waals surface area contributed by atoms with Gasteiger partial charge in [-0.3, -0.25) is 9.59 Å². The minimum atomic E-state index is -0.516. The van der Waals surface area contributed by atoms with Gasteiger partial charge in [-0.25, -0.2) is 14.7 Å². The van der Waals surface area contributed by atoms with E-state index in [1.807, 2.05) is 0 Å². The number of ether oxygens (including phenoxy) is 1. The zero-order chi connectivity index (χ0) is 18.3. The molecule has 26 heavy (non-hydrogen) atoms. The van der Waals surface area contributed by atoms with E-state index in [0.29, 0.717) is 31.7 Å². The molecular formula is C18H11ClN2O4S. The van der Waals surface area contributed by atoms with E-state index in [4.69, 9.17) is 16.3 Å². The molecule has 0 saturated carbocycles. The first-order chi connectivity index (χ1) is 12.5. The van der Waals surface area contributed by atoms with E-state index in [1.54, 1.807) is 42.5 Å². The molecule has 130 valence electrons. The quantitative estimate of drug-likeness (QED) is 0.388. The Labute approximate surface area is 157 Å². The summed E-state index contributed by atoms with van der Waals surface area (Å²) < 4.78 is 6.01. The molecule has 1 fully saturated rings. The van der Waals surface area contributed by atoms with Crippen LogP contribution in [0, 0.1) is 0 Å². The van der Waals surface area contributed by atoms with Crippen LogP contribution in [0.1, 0.15) is 23.2 Å². The number of amides is 2. The molecule has 1 aliphatic rings. The molecule has 6 nitrogen and oxygen atoms in total. The third-order valence-electron chi connectivity index (χ3n) is 3.88. The minimum absolute atomic E-state index is 0.202. The van der Waals surface area contributed by atoms with Gasteiger partial charge in [0.15, 0.2) is 5.13 Å². The monoisotopic (exact) mass is 386 g/mol. The summed E-state index contributed by atoms with van der Waals surface area (Å²) >= 11 is 7.00.